The van der Waals surface area contributed by atoms with Crippen LogP contribution in [0.4, 0.5) is 0 Å². The van der Waals surface area contributed by atoms with E-state index in [-0.39, 0.29) is 6.29 Å². The standard InChI is InChI=1S/C6H10O3S/c1-5(10)9-4-6-7-2-3-8-6/h6H,2-4H2,1H3. The highest BCUT2D eigenvalue weighted by atomic mass is 32.1. The first-order valence-corrected chi connectivity index (χ1v) is 3.56. The molecule has 1 fully saturated rings. The molecule has 0 bridgehead atoms. The van der Waals surface area contributed by atoms with Crippen LogP contribution in [0.3, 0.4) is 0 Å². The van der Waals surface area contributed by atoms with Crippen molar-refractivity contribution < 1.29 is 14.2 Å². The molecule has 0 amide bonds. The van der Waals surface area contributed by atoms with Crippen LogP contribution in [0.25, 0.3) is 0 Å². The van der Waals surface area contributed by atoms with Crippen LogP contribution in [0.2, 0.25) is 0 Å². The molecule has 1 aliphatic heterocycles. The van der Waals surface area contributed by atoms with Gasteiger partial charge >= 0.3 is 0 Å². The summed E-state index contributed by atoms with van der Waals surface area (Å²) in [7, 11) is 0. The summed E-state index contributed by atoms with van der Waals surface area (Å²) in [6, 6.07) is 0. The van der Waals surface area contributed by atoms with Crippen LogP contribution in [-0.2, 0) is 14.2 Å². The van der Waals surface area contributed by atoms with Crippen molar-refractivity contribution in [2.75, 3.05) is 19.8 Å². The van der Waals surface area contributed by atoms with E-state index in [0.29, 0.717) is 24.9 Å². The Labute approximate surface area is 65.3 Å². The Morgan fingerprint density at radius 3 is 2.70 bits per heavy atom. The second-order valence-electron chi connectivity index (χ2n) is 1.97. The lowest BCUT2D eigenvalue weighted by molar-refractivity contribution is -0.0706. The summed E-state index contributed by atoms with van der Waals surface area (Å²) < 4.78 is 15.2. The smallest absolute Gasteiger partial charge is 0.191 e. The fourth-order valence-electron chi connectivity index (χ4n) is 0.689. The van der Waals surface area contributed by atoms with Gasteiger partial charge in [-0.25, -0.2) is 0 Å². The zero-order valence-electron chi connectivity index (χ0n) is 5.83. The van der Waals surface area contributed by atoms with E-state index in [1.54, 1.807) is 6.92 Å². The number of hydrogen-bond donors (Lipinski definition) is 0. The minimum Gasteiger partial charge on any atom is -0.482 e. The van der Waals surface area contributed by atoms with Crippen molar-refractivity contribution in [3.8, 4) is 0 Å². The molecule has 0 aliphatic carbocycles. The van der Waals surface area contributed by atoms with Crippen LogP contribution < -0.4 is 0 Å². The summed E-state index contributed by atoms with van der Waals surface area (Å²) >= 11 is 4.70. The molecule has 4 heteroatoms. The molecule has 0 N–H and O–H groups in total. The highest BCUT2D eigenvalue weighted by Crippen LogP contribution is 2.03. The highest BCUT2D eigenvalue weighted by molar-refractivity contribution is 7.80. The minimum atomic E-state index is -0.210. The van der Waals surface area contributed by atoms with Crippen molar-refractivity contribution in [3.63, 3.8) is 0 Å². The Morgan fingerprint density at radius 1 is 1.60 bits per heavy atom. The highest BCUT2D eigenvalue weighted by Gasteiger charge is 2.15. The third-order valence-electron chi connectivity index (χ3n) is 1.11. The number of thiocarbonyl (C=S) groups is 1. The monoisotopic (exact) mass is 162 g/mol. The van der Waals surface area contributed by atoms with E-state index in [0.717, 1.165) is 0 Å². The van der Waals surface area contributed by atoms with E-state index in [2.05, 4.69) is 0 Å². The van der Waals surface area contributed by atoms with E-state index >= 15 is 0 Å². The van der Waals surface area contributed by atoms with Crippen molar-refractivity contribution in [2.45, 2.75) is 13.2 Å². The second-order valence-corrected chi connectivity index (χ2v) is 2.55. The third kappa shape index (κ3) is 2.60. The summed E-state index contributed by atoms with van der Waals surface area (Å²) in [6.45, 7) is 3.45. The maximum absolute atomic E-state index is 5.10. The molecule has 0 atom stereocenters. The summed E-state index contributed by atoms with van der Waals surface area (Å²) in [5.74, 6) is 0. The van der Waals surface area contributed by atoms with Gasteiger partial charge in [0.15, 0.2) is 11.3 Å². The predicted molar refractivity (Wildman–Crippen MR) is 39.9 cm³/mol. The molecule has 0 spiro atoms. The first-order valence-electron chi connectivity index (χ1n) is 3.15. The molecule has 3 nitrogen and oxygen atoms in total. The summed E-state index contributed by atoms with van der Waals surface area (Å²) in [5, 5.41) is 0.527. The van der Waals surface area contributed by atoms with Crippen LogP contribution in [0.15, 0.2) is 0 Å². The van der Waals surface area contributed by atoms with Gasteiger partial charge in [0.25, 0.3) is 0 Å². The molecule has 1 saturated heterocycles. The summed E-state index contributed by atoms with van der Waals surface area (Å²) in [6.07, 6.45) is -0.210. The van der Waals surface area contributed by atoms with Crippen LogP contribution in [0.1, 0.15) is 6.92 Å². The zero-order valence-corrected chi connectivity index (χ0v) is 6.65. The predicted octanol–water partition coefficient (Wildman–Crippen LogP) is 0.723. The molecule has 1 aliphatic rings. The molecule has 1 rings (SSSR count). The van der Waals surface area contributed by atoms with Gasteiger partial charge < -0.3 is 14.2 Å². The molecule has 0 radical (unpaired) electrons. The van der Waals surface area contributed by atoms with Gasteiger partial charge in [0, 0.05) is 6.92 Å². The Kier molecular flexibility index (Phi) is 3.05. The van der Waals surface area contributed by atoms with E-state index < -0.39 is 0 Å². The van der Waals surface area contributed by atoms with Gasteiger partial charge in [0.2, 0.25) is 0 Å². The Bertz CT molecular complexity index is 120. The van der Waals surface area contributed by atoms with E-state index in [1.807, 2.05) is 0 Å². The first-order chi connectivity index (χ1) is 4.79. The van der Waals surface area contributed by atoms with E-state index in [4.69, 9.17) is 26.4 Å². The number of ether oxygens (including phenoxy) is 3. The van der Waals surface area contributed by atoms with Gasteiger partial charge in [-0.15, -0.1) is 0 Å². The van der Waals surface area contributed by atoms with Crippen molar-refractivity contribution in [1.82, 2.24) is 0 Å². The van der Waals surface area contributed by atoms with Gasteiger partial charge in [0.05, 0.1) is 13.2 Å². The van der Waals surface area contributed by atoms with Gasteiger partial charge in [0.1, 0.15) is 6.61 Å². The van der Waals surface area contributed by atoms with Gasteiger partial charge in [-0.3, -0.25) is 0 Å². The molecule has 0 aromatic rings. The lowest BCUT2D eigenvalue weighted by Gasteiger charge is -2.08. The fourth-order valence-corrected chi connectivity index (χ4v) is 0.757. The maximum Gasteiger partial charge on any atom is 0.191 e. The van der Waals surface area contributed by atoms with Crippen LogP contribution >= 0.6 is 12.2 Å². The van der Waals surface area contributed by atoms with Crippen LogP contribution in [0.5, 0.6) is 0 Å². The molecule has 0 aromatic carbocycles. The molecule has 0 saturated carbocycles. The molecular weight excluding hydrogens is 152 g/mol. The van der Waals surface area contributed by atoms with Crippen LogP contribution in [0, 0.1) is 0 Å². The van der Waals surface area contributed by atoms with Crippen molar-refractivity contribution in [2.24, 2.45) is 0 Å². The molecule has 10 heavy (non-hydrogen) atoms. The third-order valence-corrected chi connectivity index (χ3v) is 1.23. The van der Waals surface area contributed by atoms with Gasteiger partial charge in [-0.1, -0.05) is 0 Å². The number of hydrogen-bond acceptors (Lipinski definition) is 4. The zero-order chi connectivity index (χ0) is 7.40. The fraction of sp³-hybridized carbons (Fsp3) is 0.833. The van der Waals surface area contributed by atoms with E-state index in [9.17, 15) is 0 Å². The van der Waals surface area contributed by atoms with Crippen molar-refractivity contribution in [1.29, 1.82) is 0 Å². The Morgan fingerprint density at radius 2 is 2.20 bits per heavy atom. The summed E-state index contributed by atoms with van der Waals surface area (Å²) in [5.41, 5.74) is 0. The lowest BCUT2D eigenvalue weighted by atomic mass is 10.7. The Hall–Kier alpha value is -0.190. The topological polar surface area (TPSA) is 27.7 Å². The average Bonchev–Trinajstić information content (AvgIpc) is 2.34. The normalized spacial score (nSPS) is 19.3. The minimum absolute atomic E-state index is 0.210. The lowest BCUT2D eigenvalue weighted by Crippen LogP contribution is -2.17. The van der Waals surface area contributed by atoms with Crippen molar-refractivity contribution in [3.05, 3.63) is 0 Å². The molecule has 0 unspecified atom stereocenters. The SMILES string of the molecule is CC(=S)OCC1OCCO1. The quantitative estimate of drug-likeness (QED) is 0.559. The summed E-state index contributed by atoms with van der Waals surface area (Å²) in [4.78, 5) is 0. The van der Waals surface area contributed by atoms with E-state index in [1.165, 1.54) is 0 Å². The molecule has 58 valence electrons. The average molecular weight is 162 g/mol. The van der Waals surface area contributed by atoms with Crippen LogP contribution in [-0.4, -0.2) is 31.2 Å². The van der Waals surface area contributed by atoms with Gasteiger partial charge in [-0.05, 0) is 12.2 Å². The maximum atomic E-state index is 5.10. The molecule has 1 heterocycles. The first kappa shape index (κ1) is 7.91. The van der Waals surface area contributed by atoms with Gasteiger partial charge in [-0.2, -0.15) is 0 Å². The molecule has 0 aromatic heterocycles. The Balaban J connectivity index is 2.07. The second kappa shape index (κ2) is 3.85. The molecular formula is C6H10O3S. The van der Waals surface area contributed by atoms with Crippen molar-refractivity contribution >= 4 is 17.3 Å². The number of rotatable bonds is 2. The largest absolute Gasteiger partial charge is 0.482 e.